The van der Waals surface area contributed by atoms with E-state index in [1.807, 2.05) is 47.4 Å². The summed E-state index contributed by atoms with van der Waals surface area (Å²) in [4.78, 5) is 18.4. The van der Waals surface area contributed by atoms with Crippen molar-refractivity contribution in [3.8, 4) is 0 Å². The molecule has 1 saturated heterocycles. The van der Waals surface area contributed by atoms with Crippen LogP contribution in [0.3, 0.4) is 0 Å². The van der Waals surface area contributed by atoms with E-state index in [1.165, 1.54) is 0 Å². The van der Waals surface area contributed by atoms with Gasteiger partial charge in [0, 0.05) is 25.0 Å². The molecule has 0 saturated carbocycles. The predicted octanol–water partition coefficient (Wildman–Crippen LogP) is 2.86. The summed E-state index contributed by atoms with van der Waals surface area (Å²) in [7, 11) is 0. The summed E-state index contributed by atoms with van der Waals surface area (Å²) in [5, 5.41) is 3.34. The summed E-state index contributed by atoms with van der Waals surface area (Å²) in [6.07, 6.45) is 4.58. The average molecular weight is 295 g/mol. The van der Waals surface area contributed by atoms with Gasteiger partial charge >= 0.3 is 0 Å². The Labute approximate surface area is 131 Å². The van der Waals surface area contributed by atoms with Gasteiger partial charge in [0.05, 0.1) is 18.7 Å². The summed E-state index contributed by atoms with van der Waals surface area (Å²) in [5.74, 6) is 0.242. The van der Waals surface area contributed by atoms with Gasteiger partial charge in [0.2, 0.25) is 5.91 Å². The Morgan fingerprint density at radius 2 is 1.86 bits per heavy atom. The van der Waals surface area contributed by atoms with Crippen molar-refractivity contribution >= 4 is 11.6 Å². The second kappa shape index (κ2) is 7.07. The third-order valence-corrected chi connectivity index (χ3v) is 3.97. The van der Waals surface area contributed by atoms with E-state index in [0.717, 1.165) is 42.9 Å². The third-order valence-electron chi connectivity index (χ3n) is 3.97. The number of pyridine rings is 1. The maximum atomic E-state index is 12.1. The number of aromatic nitrogens is 1. The van der Waals surface area contributed by atoms with Crippen LogP contribution in [0.2, 0.25) is 0 Å². The number of hydrogen-bond acceptors (Lipinski definition) is 3. The van der Waals surface area contributed by atoms with Crippen molar-refractivity contribution in [2.24, 2.45) is 0 Å². The Balaban J connectivity index is 1.52. The van der Waals surface area contributed by atoms with Crippen molar-refractivity contribution in [3.05, 3.63) is 59.9 Å². The van der Waals surface area contributed by atoms with Crippen LogP contribution in [0.5, 0.6) is 0 Å². The number of amides is 1. The quantitative estimate of drug-likeness (QED) is 0.922. The maximum Gasteiger partial charge on any atom is 0.226 e. The molecular formula is C18H21N3O. The molecule has 2 heterocycles. The third kappa shape index (κ3) is 3.85. The molecule has 22 heavy (non-hydrogen) atoms. The molecule has 1 N–H and O–H groups in total. The lowest BCUT2D eigenvalue weighted by molar-refractivity contribution is -0.129. The molecule has 1 aliphatic heterocycles. The monoisotopic (exact) mass is 295 g/mol. The molecule has 0 atom stereocenters. The van der Waals surface area contributed by atoms with E-state index in [0.29, 0.717) is 13.0 Å². The molecule has 114 valence electrons. The van der Waals surface area contributed by atoms with E-state index in [1.54, 1.807) is 6.20 Å². The lowest BCUT2D eigenvalue weighted by Crippen LogP contribution is -2.29. The van der Waals surface area contributed by atoms with E-state index >= 15 is 0 Å². The molecule has 3 rings (SSSR count). The van der Waals surface area contributed by atoms with Crippen molar-refractivity contribution in [3.63, 3.8) is 0 Å². The summed E-state index contributed by atoms with van der Waals surface area (Å²) in [6, 6.07) is 14.0. The zero-order valence-corrected chi connectivity index (χ0v) is 12.7. The first-order valence-electron chi connectivity index (χ1n) is 7.82. The van der Waals surface area contributed by atoms with Gasteiger partial charge in [-0.15, -0.1) is 0 Å². The molecule has 0 spiro atoms. The summed E-state index contributed by atoms with van der Waals surface area (Å²) < 4.78 is 0. The smallest absolute Gasteiger partial charge is 0.226 e. The Morgan fingerprint density at radius 3 is 2.55 bits per heavy atom. The molecule has 1 aliphatic rings. The normalized spacial score (nSPS) is 14.1. The fraction of sp³-hybridized carbons (Fsp3) is 0.333. The summed E-state index contributed by atoms with van der Waals surface area (Å²) in [6.45, 7) is 2.54. The zero-order valence-electron chi connectivity index (χ0n) is 12.7. The largest absolute Gasteiger partial charge is 0.379 e. The number of hydrogen-bond donors (Lipinski definition) is 1. The first-order chi connectivity index (χ1) is 10.8. The van der Waals surface area contributed by atoms with Crippen LogP contribution < -0.4 is 5.32 Å². The summed E-state index contributed by atoms with van der Waals surface area (Å²) >= 11 is 0. The Bertz CT molecular complexity index is 604. The van der Waals surface area contributed by atoms with E-state index in [-0.39, 0.29) is 5.91 Å². The van der Waals surface area contributed by atoms with Gasteiger partial charge in [0.15, 0.2) is 0 Å². The number of nitrogens with one attached hydrogen (secondary N) is 1. The molecule has 0 aliphatic carbocycles. The van der Waals surface area contributed by atoms with Crippen LogP contribution in [-0.2, 0) is 17.8 Å². The minimum atomic E-state index is 0.242. The zero-order chi connectivity index (χ0) is 15.2. The molecule has 1 aromatic carbocycles. The molecule has 1 fully saturated rings. The SMILES string of the molecule is O=C(Cc1ccc(NCc2ccccn2)cc1)N1CCCC1. The highest BCUT2D eigenvalue weighted by Crippen LogP contribution is 2.14. The first kappa shape index (κ1) is 14.6. The maximum absolute atomic E-state index is 12.1. The van der Waals surface area contributed by atoms with E-state index in [2.05, 4.69) is 10.3 Å². The molecule has 0 bridgehead atoms. The Kier molecular flexibility index (Phi) is 4.68. The van der Waals surface area contributed by atoms with Crippen molar-refractivity contribution in [2.75, 3.05) is 18.4 Å². The predicted molar refractivity (Wildman–Crippen MR) is 87.5 cm³/mol. The fourth-order valence-corrected chi connectivity index (χ4v) is 2.69. The molecular weight excluding hydrogens is 274 g/mol. The number of likely N-dealkylation sites (tertiary alicyclic amines) is 1. The second-order valence-electron chi connectivity index (χ2n) is 5.64. The van der Waals surface area contributed by atoms with Crippen molar-refractivity contribution in [2.45, 2.75) is 25.8 Å². The molecule has 4 nitrogen and oxygen atoms in total. The van der Waals surface area contributed by atoms with Gasteiger partial charge in [-0.3, -0.25) is 9.78 Å². The number of rotatable bonds is 5. The lowest BCUT2D eigenvalue weighted by Gasteiger charge is -2.15. The average Bonchev–Trinajstić information content (AvgIpc) is 3.10. The Morgan fingerprint density at radius 1 is 1.09 bits per heavy atom. The van der Waals surface area contributed by atoms with Crippen molar-refractivity contribution < 1.29 is 4.79 Å². The van der Waals surface area contributed by atoms with Gasteiger partial charge in [0.1, 0.15) is 0 Å². The van der Waals surface area contributed by atoms with E-state index in [9.17, 15) is 4.79 Å². The molecule has 1 aromatic heterocycles. The van der Waals surface area contributed by atoms with Crippen LogP contribution in [0, 0.1) is 0 Å². The molecule has 0 unspecified atom stereocenters. The second-order valence-corrected chi connectivity index (χ2v) is 5.64. The molecule has 1 amide bonds. The number of carbonyl (C=O) groups excluding carboxylic acids is 1. The van der Waals surface area contributed by atoms with Gasteiger partial charge in [-0.25, -0.2) is 0 Å². The first-order valence-corrected chi connectivity index (χ1v) is 7.82. The van der Waals surface area contributed by atoms with Crippen LogP contribution in [0.15, 0.2) is 48.7 Å². The van der Waals surface area contributed by atoms with Crippen LogP contribution in [0.1, 0.15) is 24.1 Å². The highest BCUT2D eigenvalue weighted by atomic mass is 16.2. The van der Waals surface area contributed by atoms with Gasteiger partial charge in [-0.1, -0.05) is 18.2 Å². The van der Waals surface area contributed by atoms with Gasteiger partial charge in [0.25, 0.3) is 0 Å². The fourth-order valence-electron chi connectivity index (χ4n) is 2.69. The number of anilines is 1. The number of carbonyl (C=O) groups is 1. The topological polar surface area (TPSA) is 45.2 Å². The van der Waals surface area contributed by atoms with E-state index < -0.39 is 0 Å². The van der Waals surface area contributed by atoms with Crippen LogP contribution in [0.4, 0.5) is 5.69 Å². The van der Waals surface area contributed by atoms with Crippen LogP contribution in [-0.4, -0.2) is 28.9 Å². The minimum Gasteiger partial charge on any atom is -0.379 e. The standard InChI is InChI=1S/C18H21N3O/c22-18(21-11-3-4-12-21)13-15-6-8-16(9-7-15)20-14-17-5-1-2-10-19-17/h1-2,5-10,20H,3-4,11-14H2. The van der Waals surface area contributed by atoms with Gasteiger partial charge in [-0.2, -0.15) is 0 Å². The molecule has 2 aromatic rings. The van der Waals surface area contributed by atoms with Crippen molar-refractivity contribution in [1.82, 2.24) is 9.88 Å². The highest BCUT2D eigenvalue weighted by Gasteiger charge is 2.17. The van der Waals surface area contributed by atoms with Crippen LogP contribution >= 0.6 is 0 Å². The van der Waals surface area contributed by atoms with E-state index in [4.69, 9.17) is 0 Å². The highest BCUT2D eigenvalue weighted by molar-refractivity contribution is 5.79. The van der Waals surface area contributed by atoms with Gasteiger partial charge < -0.3 is 10.2 Å². The number of nitrogens with zero attached hydrogens (tertiary/aromatic N) is 2. The Hall–Kier alpha value is -2.36. The summed E-state index contributed by atoms with van der Waals surface area (Å²) in [5.41, 5.74) is 3.12. The minimum absolute atomic E-state index is 0.242. The lowest BCUT2D eigenvalue weighted by atomic mass is 10.1. The van der Waals surface area contributed by atoms with Crippen molar-refractivity contribution in [1.29, 1.82) is 0 Å². The van der Waals surface area contributed by atoms with Crippen LogP contribution in [0.25, 0.3) is 0 Å². The van der Waals surface area contributed by atoms with Gasteiger partial charge in [-0.05, 0) is 42.7 Å². The molecule has 4 heteroatoms. The number of benzene rings is 1. The molecule has 0 radical (unpaired) electrons.